The maximum atomic E-state index is 12.6. The quantitative estimate of drug-likeness (QED) is 0.832. The van der Waals surface area contributed by atoms with Crippen molar-refractivity contribution in [3.63, 3.8) is 0 Å². The molecule has 1 saturated heterocycles. The van der Waals surface area contributed by atoms with Crippen LogP contribution in [0, 0.1) is 0 Å². The van der Waals surface area contributed by atoms with Gasteiger partial charge in [-0.2, -0.15) is 13.2 Å². The van der Waals surface area contributed by atoms with E-state index in [0.29, 0.717) is 19.6 Å². The molecule has 1 aliphatic heterocycles. The Hall–Kier alpha value is -2.42. The van der Waals surface area contributed by atoms with Gasteiger partial charge in [-0.15, -0.1) is 11.3 Å². The number of amides is 2. The number of likely N-dealkylation sites (tertiary alicyclic amines) is 1. The van der Waals surface area contributed by atoms with E-state index in [-0.39, 0.29) is 23.3 Å². The normalized spacial score (nSPS) is 15.5. The van der Waals surface area contributed by atoms with Crippen molar-refractivity contribution in [2.45, 2.75) is 38.4 Å². The minimum Gasteiger partial charge on any atom is -0.351 e. The third-order valence-electron chi connectivity index (χ3n) is 4.68. The number of carbonyl (C=O) groups is 2. The van der Waals surface area contributed by atoms with Crippen LogP contribution in [-0.2, 0) is 17.5 Å². The van der Waals surface area contributed by atoms with E-state index in [2.05, 4.69) is 10.3 Å². The largest absolute Gasteiger partial charge is 0.416 e. The minimum atomic E-state index is -4.41. The van der Waals surface area contributed by atoms with E-state index in [4.69, 9.17) is 0 Å². The lowest BCUT2D eigenvalue weighted by Gasteiger charge is -2.31. The van der Waals surface area contributed by atoms with Gasteiger partial charge >= 0.3 is 6.18 Å². The predicted octanol–water partition coefficient (Wildman–Crippen LogP) is 3.82. The number of hydrogen-bond acceptors (Lipinski definition) is 4. The van der Waals surface area contributed by atoms with Gasteiger partial charge in [0.1, 0.15) is 0 Å². The number of piperidine rings is 1. The second-order valence-electron chi connectivity index (χ2n) is 6.73. The van der Waals surface area contributed by atoms with Gasteiger partial charge in [-0.1, -0.05) is 0 Å². The molecule has 5 nitrogen and oxygen atoms in total. The molecule has 1 N–H and O–H groups in total. The molecule has 28 heavy (non-hydrogen) atoms. The van der Waals surface area contributed by atoms with Crippen LogP contribution in [0.4, 0.5) is 13.2 Å². The van der Waals surface area contributed by atoms with Crippen LogP contribution in [0.2, 0.25) is 0 Å². The molecule has 150 valence electrons. The van der Waals surface area contributed by atoms with E-state index in [9.17, 15) is 22.8 Å². The highest BCUT2D eigenvalue weighted by atomic mass is 32.1. The van der Waals surface area contributed by atoms with Crippen LogP contribution in [0.3, 0.4) is 0 Å². The number of alkyl halides is 3. The number of halogens is 3. The monoisotopic (exact) mass is 411 g/mol. The summed E-state index contributed by atoms with van der Waals surface area (Å²) in [4.78, 5) is 29.8. The summed E-state index contributed by atoms with van der Waals surface area (Å²) in [5, 5.41) is 5.62. The molecular formula is C19H20F3N3O2S. The van der Waals surface area contributed by atoms with Gasteiger partial charge in [0, 0.05) is 36.9 Å². The zero-order valence-electron chi connectivity index (χ0n) is 15.3. The van der Waals surface area contributed by atoms with E-state index in [0.717, 1.165) is 35.7 Å². The maximum Gasteiger partial charge on any atom is 0.416 e. The summed E-state index contributed by atoms with van der Waals surface area (Å²) >= 11 is 1.55. The number of carbonyl (C=O) groups excluding carboxylic acids is 2. The van der Waals surface area contributed by atoms with E-state index in [1.54, 1.807) is 16.2 Å². The van der Waals surface area contributed by atoms with Crippen LogP contribution in [0.1, 0.15) is 52.3 Å². The van der Waals surface area contributed by atoms with E-state index in [1.807, 2.05) is 5.38 Å². The topological polar surface area (TPSA) is 62.3 Å². The van der Waals surface area contributed by atoms with Crippen LogP contribution in [0.25, 0.3) is 0 Å². The van der Waals surface area contributed by atoms with Gasteiger partial charge in [0.2, 0.25) is 5.91 Å². The Balaban J connectivity index is 1.56. The lowest BCUT2D eigenvalue weighted by Crippen LogP contribution is -2.37. The molecule has 0 bridgehead atoms. The van der Waals surface area contributed by atoms with Crippen molar-refractivity contribution in [3.8, 4) is 0 Å². The minimum absolute atomic E-state index is 0.107. The number of thiazole rings is 1. The fourth-order valence-electron chi connectivity index (χ4n) is 3.12. The first-order chi connectivity index (χ1) is 13.2. The number of hydrogen-bond donors (Lipinski definition) is 1. The molecule has 3 rings (SSSR count). The van der Waals surface area contributed by atoms with Crippen molar-refractivity contribution in [1.82, 2.24) is 15.2 Å². The Morgan fingerprint density at radius 1 is 1.21 bits per heavy atom. The van der Waals surface area contributed by atoms with E-state index >= 15 is 0 Å². The van der Waals surface area contributed by atoms with Gasteiger partial charge < -0.3 is 10.2 Å². The lowest BCUT2D eigenvalue weighted by molar-refractivity contribution is -0.137. The molecule has 9 heteroatoms. The summed E-state index contributed by atoms with van der Waals surface area (Å²) in [7, 11) is 0. The Bertz CT molecular complexity index is 841. The number of aromatic nitrogens is 1. The smallest absolute Gasteiger partial charge is 0.351 e. The predicted molar refractivity (Wildman–Crippen MR) is 99.0 cm³/mol. The first-order valence-corrected chi connectivity index (χ1v) is 9.77. The lowest BCUT2D eigenvalue weighted by atomic mass is 9.97. The average Bonchev–Trinajstić information content (AvgIpc) is 3.14. The standard InChI is InChI=1S/C19H20F3N3O2S/c1-12(26)23-10-16-11-28-17(24-16)13-6-8-25(9-7-13)18(27)14-2-4-15(5-3-14)19(20,21)22/h2-5,11,13H,6-10H2,1H3,(H,23,26). The molecule has 1 aromatic carbocycles. The van der Waals surface area contributed by atoms with Gasteiger partial charge in [0.25, 0.3) is 5.91 Å². The first-order valence-electron chi connectivity index (χ1n) is 8.89. The molecule has 2 amide bonds. The summed E-state index contributed by atoms with van der Waals surface area (Å²) in [6, 6.07) is 4.33. The summed E-state index contributed by atoms with van der Waals surface area (Å²) in [6.45, 7) is 2.92. The highest BCUT2D eigenvalue weighted by Crippen LogP contribution is 2.32. The summed E-state index contributed by atoms with van der Waals surface area (Å²) in [5.41, 5.74) is 0.318. The molecule has 0 spiro atoms. The molecule has 0 unspecified atom stereocenters. The zero-order chi connectivity index (χ0) is 20.3. The van der Waals surface area contributed by atoms with Crippen molar-refractivity contribution in [2.24, 2.45) is 0 Å². The fraction of sp³-hybridized carbons (Fsp3) is 0.421. The Kier molecular flexibility index (Phi) is 6.02. The van der Waals surface area contributed by atoms with Gasteiger partial charge in [-0.05, 0) is 37.1 Å². The van der Waals surface area contributed by atoms with Crippen LogP contribution in [0.5, 0.6) is 0 Å². The molecule has 1 aromatic heterocycles. The van der Waals surface area contributed by atoms with Gasteiger partial charge in [-0.3, -0.25) is 9.59 Å². The number of rotatable bonds is 4. The van der Waals surface area contributed by atoms with Gasteiger partial charge in [0.05, 0.1) is 22.8 Å². The Morgan fingerprint density at radius 2 is 1.86 bits per heavy atom. The molecule has 2 heterocycles. The fourth-order valence-corrected chi connectivity index (χ4v) is 4.11. The Morgan fingerprint density at radius 3 is 2.43 bits per heavy atom. The second kappa shape index (κ2) is 8.30. The number of nitrogens with one attached hydrogen (secondary N) is 1. The molecule has 0 aliphatic carbocycles. The third-order valence-corrected chi connectivity index (χ3v) is 5.73. The first kappa shape index (κ1) is 20.3. The highest BCUT2D eigenvalue weighted by molar-refractivity contribution is 7.09. The van der Waals surface area contributed by atoms with Crippen LogP contribution >= 0.6 is 11.3 Å². The van der Waals surface area contributed by atoms with Crippen LogP contribution in [0.15, 0.2) is 29.6 Å². The molecule has 1 fully saturated rings. The summed E-state index contributed by atoms with van der Waals surface area (Å²) in [5.74, 6) is -0.116. The SMILES string of the molecule is CC(=O)NCc1csc(C2CCN(C(=O)c3ccc(C(F)(F)F)cc3)CC2)n1. The molecule has 2 aromatic rings. The summed E-state index contributed by atoms with van der Waals surface area (Å²) < 4.78 is 37.9. The molecular weight excluding hydrogens is 391 g/mol. The zero-order valence-corrected chi connectivity index (χ0v) is 16.1. The number of nitrogens with zero attached hydrogens (tertiary/aromatic N) is 2. The highest BCUT2D eigenvalue weighted by Gasteiger charge is 2.31. The Labute approximate surface area is 164 Å². The summed E-state index contributed by atoms with van der Waals surface area (Å²) in [6.07, 6.45) is -2.91. The van der Waals surface area contributed by atoms with Crippen molar-refractivity contribution >= 4 is 23.2 Å². The van der Waals surface area contributed by atoms with Gasteiger partial charge in [0.15, 0.2) is 0 Å². The number of benzene rings is 1. The van der Waals surface area contributed by atoms with E-state index < -0.39 is 11.7 Å². The van der Waals surface area contributed by atoms with Crippen LogP contribution < -0.4 is 5.32 Å². The average molecular weight is 411 g/mol. The van der Waals surface area contributed by atoms with Crippen molar-refractivity contribution < 1.29 is 22.8 Å². The molecule has 1 aliphatic rings. The van der Waals surface area contributed by atoms with Crippen LogP contribution in [-0.4, -0.2) is 34.8 Å². The second-order valence-corrected chi connectivity index (χ2v) is 7.62. The van der Waals surface area contributed by atoms with Crippen molar-refractivity contribution in [1.29, 1.82) is 0 Å². The molecule has 0 saturated carbocycles. The van der Waals surface area contributed by atoms with Crippen molar-refractivity contribution in [3.05, 3.63) is 51.5 Å². The molecule has 0 radical (unpaired) electrons. The van der Waals surface area contributed by atoms with Crippen molar-refractivity contribution in [2.75, 3.05) is 13.1 Å². The third kappa shape index (κ3) is 4.89. The maximum absolute atomic E-state index is 12.6. The van der Waals surface area contributed by atoms with E-state index in [1.165, 1.54) is 19.1 Å². The van der Waals surface area contributed by atoms with Gasteiger partial charge in [-0.25, -0.2) is 4.98 Å². The molecule has 0 atom stereocenters.